The van der Waals surface area contributed by atoms with Crippen LogP contribution in [0.5, 0.6) is 0 Å². The molecule has 0 unspecified atom stereocenters. The van der Waals surface area contributed by atoms with Crippen molar-refractivity contribution in [3.63, 3.8) is 0 Å². The fraction of sp³-hybridized carbons (Fsp3) is 0.250. The highest BCUT2D eigenvalue weighted by Gasteiger charge is 2.16. The quantitative estimate of drug-likeness (QED) is 0.802. The number of aromatic nitrogens is 4. The lowest BCUT2D eigenvalue weighted by Crippen LogP contribution is -2.28. The van der Waals surface area contributed by atoms with Crippen LogP contribution in [0.15, 0.2) is 42.9 Å². The van der Waals surface area contributed by atoms with Gasteiger partial charge in [0.2, 0.25) is 0 Å². The van der Waals surface area contributed by atoms with Crippen LogP contribution in [0.25, 0.3) is 10.9 Å². The molecule has 0 spiro atoms. The maximum absolute atomic E-state index is 12.4. The maximum atomic E-state index is 12.4. The second-order valence-corrected chi connectivity index (χ2v) is 5.09. The first kappa shape index (κ1) is 14.2. The van der Waals surface area contributed by atoms with Gasteiger partial charge in [0, 0.05) is 18.1 Å². The van der Waals surface area contributed by atoms with E-state index in [4.69, 9.17) is 0 Å². The number of carbonyl (C=O) groups is 1. The molecule has 1 amide bonds. The SMILES string of the molecule is CCn1cnnc1[C@@H](C)NC(=O)c1cnc2ccccc2c1. The number of hydrogen-bond acceptors (Lipinski definition) is 4. The number of aryl methyl sites for hydroxylation is 1. The van der Waals surface area contributed by atoms with Gasteiger partial charge in [-0.25, -0.2) is 0 Å². The molecule has 6 heteroatoms. The van der Waals surface area contributed by atoms with Crippen LogP contribution < -0.4 is 5.32 Å². The van der Waals surface area contributed by atoms with Crippen LogP contribution in [0.4, 0.5) is 0 Å². The summed E-state index contributed by atoms with van der Waals surface area (Å²) in [7, 11) is 0. The van der Waals surface area contributed by atoms with E-state index in [1.807, 2.05) is 48.7 Å². The molecule has 0 bridgehead atoms. The Morgan fingerprint density at radius 2 is 2.18 bits per heavy atom. The van der Waals surface area contributed by atoms with E-state index < -0.39 is 0 Å². The van der Waals surface area contributed by atoms with E-state index in [0.717, 1.165) is 23.3 Å². The second kappa shape index (κ2) is 5.93. The molecule has 0 aliphatic rings. The third-order valence-electron chi connectivity index (χ3n) is 3.57. The summed E-state index contributed by atoms with van der Waals surface area (Å²) in [6, 6.07) is 9.34. The smallest absolute Gasteiger partial charge is 0.253 e. The third kappa shape index (κ3) is 2.67. The molecule has 0 fully saturated rings. The molecule has 0 saturated carbocycles. The van der Waals surface area contributed by atoms with E-state index in [-0.39, 0.29) is 11.9 Å². The molecule has 22 heavy (non-hydrogen) atoms. The predicted octanol–water partition coefficient (Wildman–Crippen LogP) is 2.34. The summed E-state index contributed by atoms with van der Waals surface area (Å²) >= 11 is 0. The summed E-state index contributed by atoms with van der Waals surface area (Å²) in [5.41, 5.74) is 1.41. The van der Waals surface area contributed by atoms with E-state index in [1.165, 1.54) is 0 Å². The standard InChI is InChI=1S/C16H17N5O/c1-3-21-10-18-20-15(21)11(2)19-16(22)13-8-12-6-4-5-7-14(12)17-9-13/h4-11H,3H2,1-2H3,(H,19,22)/t11-/m1/s1. The molecular weight excluding hydrogens is 278 g/mol. The molecule has 1 N–H and O–H groups in total. The third-order valence-corrected chi connectivity index (χ3v) is 3.57. The molecule has 0 aliphatic carbocycles. The Kier molecular flexibility index (Phi) is 3.82. The summed E-state index contributed by atoms with van der Waals surface area (Å²) in [5.74, 6) is 0.570. The number of nitrogens with zero attached hydrogens (tertiary/aromatic N) is 4. The van der Waals surface area contributed by atoms with Crippen molar-refractivity contribution in [2.45, 2.75) is 26.4 Å². The first-order valence-corrected chi connectivity index (χ1v) is 7.22. The van der Waals surface area contributed by atoms with Gasteiger partial charge in [-0.2, -0.15) is 0 Å². The van der Waals surface area contributed by atoms with Gasteiger partial charge in [-0.1, -0.05) is 18.2 Å². The van der Waals surface area contributed by atoms with E-state index in [9.17, 15) is 4.79 Å². The van der Waals surface area contributed by atoms with Crippen molar-refractivity contribution in [3.05, 3.63) is 54.2 Å². The fourth-order valence-corrected chi connectivity index (χ4v) is 2.38. The van der Waals surface area contributed by atoms with Crippen molar-refractivity contribution in [1.29, 1.82) is 0 Å². The van der Waals surface area contributed by atoms with E-state index >= 15 is 0 Å². The Balaban J connectivity index is 1.80. The molecule has 0 aliphatic heterocycles. The number of benzene rings is 1. The van der Waals surface area contributed by atoms with Gasteiger partial charge in [-0.15, -0.1) is 10.2 Å². The summed E-state index contributed by atoms with van der Waals surface area (Å²) < 4.78 is 1.91. The number of hydrogen-bond donors (Lipinski definition) is 1. The Hall–Kier alpha value is -2.76. The minimum absolute atomic E-state index is 0.170. The highest BCUT2D eigenvalue weighted by Crippen LogP contribution is 2.14. The van der Waals surface area contributed by atoms with Gasteiger partial charge in [0.05, 0.1) is 17.1 Å². The molecule has 0 saturated heterocycles. The number of fused-ring (bicyclic) bond motifs is 1. The monoisotopic (exact) mass is 295 g/mol. The number of carbonyl (C=O) groups excluding carboxylic acids is 1. The first-order valence-electron chi connectivity index (χ1n) is 7.22. The van der Waals surface area contributed by atoms with E-state index in [0.29, 0.717) is 5.56 Å². The highest BCUT2D eigenvalue weighted by atomic mass is 16.1. The van der Waals surface area contributed by atoms with Crippen LogP contribution in [0.3, 0.4) is 0 Å². The molecule has 3 aromatic rings. The van der Waals surface area contributed by atoms with Gasteiger partial charge in [-0.05, 0) is 26.0 Å². The lowest BCUT2D eigenvalue weighted by Gasteiger charge is -2.14. The highest BCUT2D eigenvalue weighted by molar-refractivity contribution is 5.97. The molecule has 112 valence electrons. The number of nitrogens with one attached hydrogen (secondary N) is 1. The molecule has 1 aromatic carbocycles. The number of rotatable bonds is 4. The summed E-state index contributed by atoms with van der Waals surface area (Å²) in [6.07, 6.45) is 3.25. The van der Waals surface area contributed by atoms with E-state index in [2.05, 4.69) is 20.5 Å². The van der Waals surface area contributed by atoms with Gasteiger partial charge in [0.25, 0.3) is 5.91 Å². The van der Waals surface area contributed by atoms with Crippen molar-refractivity contribution in [3.8, 4) is 0 Å². The number of para-hydroxylation sites is 1. The normalized spacial score (nSPS) is 12.3. The fourth-order valence-electron chi connectivity index (χ4n) is 2.38. The summed E-state index contributed by atoms with van der Waals surface area (Å²) in [5, 5.41) is 11.8. The van der Waals surface area contributed by atoms with Crippen LogP contribution >= 0.6 is 0 Å². The Bertz CT molecular complexity index is 811. The van der Waals surface area contributed by atoms with Crippen LogP contribution in [-0.4, -0.2) is 25.7 Å². The largest absolute Gasteiger partial charge is 0.342 e. The van der Waals surface area contributed by atoms with Gasteiger partial charge in [-0.3, -0.25) is 9.78 Å². The van der Waals surface area contributed by atoms with Gasteiger partial charge in [0.15, 0.2) is 5.82 Å². The second-order valence-electron chi connectivity index (χ2n) is 5.09. The van der Waals surface area contributed by atoms with Crippen molar-refractivity contribution in [2.75, 3.05) is 0 Å². The van der Waals surface area contributed by atoms with Crippen LogP contribution in [0, 0.1) is 0 Å². The lowest BCUT2D eigenvalue weighted by atomic mass is 10.1. The summed E-state index contributed by atoms with van der Waals surface area (Å²) in [6.45, 7) is 4.66. The van der Waals surface area contributed by atoms with Gasteiger partial charge >= 0.3 is 0 Å². The molecule has 1 atom stereocenters. The molecular formula is C16H17N5O. The topological polar surface area (TPSA) is 72.7 Å². The molecule has 2 heterocycles. The molecule has 2 aromatic heterocycles. The number of amides is 1. The van der Waals surface area contributed by atoms with E-state index in [1.54, 1.807) is 12.5 Å². The first-order chi connectivity index (χ1) is 10.7. The molecule has 6 nitrogen and oxygen atoms in total. The van der Waals surface area contributed by atoms with Crippen molar-refractivity contribution in [2.24, 2.45) is 0 Å². The average molecular weight is 295 g/mol. The summed E-state index contributed by atoms with van der Waals surface area (Å²) in [4.78, 5) is 16.7. The lowest BCUT2D eigenvalue weighted by molar-refractivity contribution is 0.0937. The zero-order valence-corrected chi connectivity index (χ0v) is 12.5. The number of pyridine rings is 1. The zero-order valence-electron chi connectivity index (χ0n) is 12.5. The van der Waals surface area contributed by atoms with Crippen LogP contribution in [0.1, 0.15) is 36.1 Å². The van der Waals surface area contributed by atoms with Crippen LogP contribution in [-0.2, 0) is 6.54 Å². The molecule has 0 radical (unpaired) electrons. The van der Waals surface area contributed by atoms with Gasteiger partial charge in [0.1, 0.15) is 6.33 Å². The molecule has 3 rings (SSSR count). The zero-order chi connectivity index (χ0) is 15.5. The Labute approximate surface area is 128 Å². The minimum atomic E-state index is -0.221. The van der Waals surface area contributed by atoms with Crippen molar-refractivity contribution < 1.29 is 4.79 Å². The van der Waals surface area contributed by atoms with Crippen LogP contribution in [0.2, 0.25) is 0 Å². The maximum Gasteiger partial charge on any atom is 0.253 e. The Morgan fingerprint density at radius 3 is 3.00 bits per heavy atom. The predicted molar refractivity (Wildman–Crippen MR) is 83.3 cm³/mol. The average Bonchev–Trinajstić information content (AvgIpc) is 3.03. The van der Waals surface area contributed by atoms with Crippen molar-refractivity contribution in [1.82, 2.24) is 25.1 Å². The minimum Gasteiger partial charge on any atom is -0.342 e. The Morgan fingerprint density at radius 1 is 1.36 bits per heavy atom. The van der Waals surface area contributed by atoms with Gasteiger partial charge < -0.3 is 9.88 Å². The van der Waals surface area contributed by atoms with Crippen molar-refractivity contribution >= 4 is 16.8 Å².